The number of rotatable bonds is 4. The van der Waals surface area contributed by atoms with E-state index in [0.717, 1.165) is 25.2 Å². The monoisotopic (exact) mass is 325 g/mol. The van der Waals surface area contributed by atoms with Gasteiger partial charge < -0.3 is 10.3 Å². The van der Waals surface area contributed by atoms with Gasteiger partial charge in [-0.2, -0.15) is 0 Å². The summed E-state index contributed by atoms with van der Waals surface area (Å²) in [6.07, 6.45) is 1.88. The summed E-state index contributed by atoms with van der Waals surface area (Å²) in [5, 5.41) is 0. The molecule has 0 atom stereocenters. The molecule has 1 aromatic heterocycles. The van der Waals surface area contributed by atoms with Crippen LogP contribution in [0.25, 0.3) is 11.3 Å². The summed E-state index contributed by atoms with van der Waals surface area (Å²) < 4.78 is 16.0. The van der Waals surface area contributed by atoms with Crippen molar-refractivity contribution in [1.29, 1.82) is 0 Å². The van der Waals surface area contributed by atoms with Crippen LogP contribution in [0.5, 0.6) is 0 Å². The lowest BCUT2D eigenvalue weighted by molar-refractivity contribution is 0.621. The van der Waals surface area contributed by atoms with E-state index in [4.69, 9.17) is 5.73 Å². The van der Waals surface area contributed by atoms with Gasteiger partial charge in [-0.05, 0) is 41.4 Å². The Kier molecular flexibility index (Phi) is 4.24. The third-order valence-corrected chi connectivity index (χ3v) is 3.71. The third kappa shape index (κ3) is 2.66. The van der Waals surface area contributed by atoms with Gasteiger partial charge in [0, 0.05) is 18.5 Å². The highest BCUT2D eigenvalue weighted by Gasteiger charge is 2.15. The number of nitrogen functional groups attached to an aromatic ring is 1. The van der Waals surface area contributed by atoms with Crippen LogP contribution < -0.4 is 5.73 Å². The van der Waals surface area contributed by atoms with Crippen LogP contribution in [0.2, 0.25) is 0 Å². The molecule has 1 heterocycles. The second-order valence-electron chi connectivity index (χ2n) is 4.39. The fourth-order valence-corrected chi connectivity index (χ4v) is 2.38. The van der Waals surface area contributed by atoms with E-state index < -0.39 is 0 Å². The average molecular weight is 326 g/mol. The second kappa shape index (κ2) is 5.74. The molecule has 0 aliphatic carbocycles. The molecule has 0 saturated carbocycles. The normalized spacial score (nSPS) is 10.9. The minimum absolute atomic E-state index is 0.306. The zero-order valence-corrected chi connectivity index (χ0v) is 12.7. The van der Waals surface area contributed by atoms with E-state index in [-0.39, 0.29) is 5.82 Å². The maximum Gasteiger partial charge on any atom is 0.138 e. The smallest absolute Gasteiger partial charge is 0.138 e. The summed E-state index contributed by atoms with van der Waals surface area (Å²) in [5.41, 5.74) is 7.51. The number of aromatic nitrogens is 2. The van der Waals surface area contributed by atoms with Crippen LogP contribution in [0.1, 0.15) is 26.1 Å². The quantitative estimate of drug-likeness (QED) is 0.923. The van der Waals surface area contributed by atoms with Gasteiger partial charge in [0.05, 0.1) is 4.47 Å². The van der Waals surface area contributed by atoms with Gasteiger partial charge >= 0.3 is 0 Å². The van der Waals surface area contributed by atoms with Crippen LogP contribution >= 0.6 is 15.9 Å². The molecule has 3 nitrogen and oxygen atoms in total. The molecule has 0 aliphatic rings. The molecule has 19 heavy (non-hydrogen) atoms. The maximum absolute atomic E-state index is 13.6. The molecule has 1 aromatic carbocycles. The minimum Gasteiger partial charge on any atom is -0.383 e. The molecule has 2 rings (SSSR count). The Hall–Kier alpha value is -1.36. The Labute approximate surface area is 120 Å². The number of anilines is 1. The van der Waals surface area contributed by atoms with Crippen molar-refractivity contribution in [2.24, 2.45) is 0 Å². The predicted molar refractivity (Wildman–Crippen MR) is 79.4 cm³/mol. The van der Waals surface area contributed by atoms with E-state index in [2.05, 4.69) is 27.8 Å². The van der Waals surface area contributed by atoms with Crippen molar-refractivity contribution in [3.05, 3.63) is 34.3 Å². The standard InChI is InChI=1S/C14H17BrFN3/c1-3-5-12-18-13(14(17)19(12)4-2)9-6-7-10(15)11(16)8-9/h6-8H,3-5,17H2,1-2H3. The van der Waals surface area contributed by atoms with Gasteiger partial charge in [-0.3, -0.25) is 0 Å². The van der Waals surface area contributed by atoms with E-state index >= 15 is 0 Å². The van der Waals surface area contributed by atoms with Gasteiger partial charge in [0.1, 0.15) is 23.2 Å². The first-order valence-corrected chi connectivity index (χ1v) is 7.18. The Bertz CT molecular complexity index is 593. The summed E-state index contributed by atoms with van der Waals surface area (Å²) in [6, 6.07) is 4.95. The van der Waals surface area contributed by atoms with Crippen molar-refractivity contribution in [1.82, 2.24) is 9.55 Å². The minimum atomic E-state index is -0.306. The molecule has 0 bridgehead atoms. The molecule has 0 amide bonds. The van der Waals surface area contributed by atoms with Crippen LogP contribution in [-0.4, -0.2) is 9.55 Å². The number of hydrogen-bond donors (Lipinski definition) is 1. The first-order valence-electron chi connectivity index (χ1n) is 6.38. The molecule has 0 fully saturated rings. The molecule has 2 aromatic rings. The van der Waals surface area contributed by atoms with E-state index in [1.165, 1.54) is 6.07 Å². The molecule has 0 unspecified atom stereocenters. The lowest BCUT2D eigenvalue weighted by Gasteiger charge is -2.05. The van der Waals surface area contributed by atoms with Crippen LogP contribution in [0.3, 0.4) is 0 Å². The lowest BCUT2D eigenvalue weighted by Crippen LogP contribution is -2.05. The Morgan fingerprint density at radius 1 is 1.37 bits per heavy atom. The van der Waals surface area contributed by atoms with Gasteiger partial charge in [-0.15, -0.1) is 0 Å². The Morgan fingerprint density at radius 3 is 2.68 bits per heavy atom. The fraction of sp³-hybridized carbons (Fsp3) is 0.357. The van der Waals surface area contributed by atoms with Crippen molar-refractivity contribution >= 4 is 21.7 Å². The van der Waals surface area contributed by atoms with Gasteiger partial charge in [-0.25, -0.2) is 9.37 Å². The summed E-state index contributed by atoms with van der Waals surface area (Å²) in [5.74, 6) is 1.26. The molecule has 2 N–H and O–H groups in total. The number of hydrogen-bond acceptors (Lipinski definition) is 2. The topological polar surface area (TPSA) is 43.8 Å². The summed E-state index contributed by atoms with van der Waals surface area (Å²) in [7, 11) is 0. The van der Waals surface area contributed by atoms with Crippen molar-refractivity contribution in [3.8, 4) is 11.3 Å². The lowest BCUT2D eigenvalue weighted by atomic mass is 10.1. The average Bonchev–Trinajstić information content (AvgIpc) is 2.70. The molecule has 0 spiro atoms. The second-order valence-corrected chi connectivity index (χ2v) is 5.24. The van der Waals surface area contributed by atoms with E-state index in [1.807, 2.05) is 17.6 Å². The number of halogens is 2. The highest BCUT2D eigenvalue weighted by Crippen LogP contribution is 2.29. The van der Waals surface area contributed by atoms with E-state index in [1.54, 1.807) is 6.07 Å². The van der Waals surface area contributed by atoms with Crippen LogP contribution in [0, 0.1) is 5.82 Å². The van der Waals surface area contributed by atoms with Crippen molar-refractivity contribution < 1.29 is 4.39 Å². The molecule has 5 heteroatoms. The van der Waals surface area contributed by atoms with Crippen LogP contribution in [0.4, 0.5) is 10.2 Å². The summed E-state index contributed by atoms with van der Waals surface area (Å²) in [6.45, 7) is 4.90. The fourth-order valence-electron chi connectivity index (χ4n) is 2.14. The van der Waals surface area contributed by atoms with E-state index in [9.17, 15) is 4.39 Å². The van der Waals surface area contributed by atoms with Crippen LogP contribution in [0.15, 0.2) is 22.7 Å². The number of nitrogens with zero attached hydrogens (tertiary/aromatic N) is 2. The van der Waals surface area contributed by atoms with Gasteiger partial charge in [0.2, 0.25) is 0 Å². The first kappa shape index (κ1) is 14.1. The number of imidazole rings is 1. The predicted octanol–water partition coefficient (Wildman–Crippen LogP) is 4.01. The Balaban J connectivity index is 2.52. The maximum atomic E-state index is 13.6. The number of benzene rings is 1. The molecule has 102 valence electrons. The zero-order valence-electron chi connectivity index (χ0n) is 11.1. The molecular weight excluding hydrogens is 309 g/mol. The largest absolute Gasteiger partial charge is 0.383 e. The van der Waals surface area contributed by atoms with Crippen molar-refractivity contribution in [2.75, 3.05) is 5.73 Å². The number of aryl methyl sites for hydroxylation is 1. The van der Waals surface area contributed by atoms with Gasteiger partial charge in [0.15, 0.2) is 0 Å². The summed E-state index contributed by atoms with van der Waals surface area (Å²) >= 11 is 3.15. The number of nitrogens with two attached hydrogens (primary N) is 1. The third-order valence-electron chi connectivity index (χ3n) is 3.07. The van der Waals surface area contributed by atoms with Crippen molar-refractivity contribution in [2.45, 2.75) is 33.2 Å². The SMILES string of the molecule is CCCc1nc(-c2ccc(Br)c(F)c2)c(N)n1CC. The van der Waals surface area contributed by atoms with Crippen molar-refractivity contribution in [3.63, 3.8) is 0 Å². The highest BCUT2D eigenvalue weighted by atomic mass is 79.9. The molecule has 0 radical (unpaired) electrons. The molecular formula is C14H17BrFN3. The summed E-state index contributed by atoms with van der Waals surface area (Å²) in [4.78, 5) is 4.57. The van der Waals surface area contributed by atoms with Gasteiger partial charge in [-0.1, -0.05) is 13.0 Å². The Morgan fingerprint density at radius 2 is 2.11 bits per heavy atom. The molecule has 0 aliphatic heterocycles. The van der Waals surface area contributed by atoms with Gasteiger partial charge in [0.25, 0.3) is 0 Å². The molecule has 0 saturated heterocycles. The highest BCUT2D eigenvalue weighted by molar-refractivity contribution is 9.10. The first-order chi connectivity index (χ1) is 9.08. The zero-order chi connectivity index (χ0) is 14.0. The van der Waals surface area contributed by atoms with E-state index in [0.29, 0.717) is 21.5 Å². The van der Waals surface area contributed by atoms with Crippen LogP contribution in [-0.2, 0) is 13.0 Å².